The minimum atomic E-state index is -0.420. The molecule has 1 N–H and O–H groups in total. The van der Waals surface area contributed by atoms with Crippen molar-refractivity contribution in [3.63, 3.8) is 0 Å². The highest BCUT2D eigenvalue weighted by Gasteiger charge is 2.13. The van der Waals surface area contributed by atoms with Crippen LogP contribution in [-0.4, -0.2) is 29.7 Å². The number of anilines is 1. The molecule has 0 heterocycles. The van der Waals surface area contributed by atoms with Gasteiger partial charge in [-0.05, 0) is 28.4 Å². The quantitative estimate of drug-likeness (QED) is 0.620. The molecule has 0 saturated heterocycles. The first kappa shape index (κ1) is 14.9. The molecule has 0 unspecified atom stereocenters. The number of nitrogens with zero attached hydrogens (tertiary/aromatic N) is 2. The Balaban J connectivity index is 2.93. The molecule has 0 spiro atoms. The highest BCUT2D eigenvalue weighted by atomic mass is 79.9. The smallest absolute Gasteiger partial charge is 0.270 e. The maximum Gasteiger partial charge on any atom is 0.270 e. The van der Waals surface area contributed by atoms with Gasteiger partial charge in [0.1, 0.15) is 0 Å². The first-order valence-corrected chi connectivity index (χ1v) is 6.69. The van der Waals surface area contributed by atoms with Crippen LogP contribution in [0.3, 0.4) is 0 Å². The fourth-order valence-electron chi connectivity index (χ4n) is 1.69. The lowest BCUT2D eigenvalue weighted by atomic mass is 10.2. The summed E-state index contributed by atoms with van der Waals surface area (Å²) < 4.78 is 0.682. The maximum absolute atomic E-state index is 10.7. The van der Waals surface area contributed by atoms with Gasteiger partial charge >= 0.3 is 0 Å². The van der Waals surface area contributed by atoms with Crippen LogP contribution in [0.25, 0.3) is 0 Å². The molecule has 0 fully saturated rings. The van der Waals surface area contributed by atoms with Gasteiger partial charge in [-0.25, -0.2) is 0 Å². The molecule has 0 aliphatic carbocycles. The number of aliphatic hydroxyl groups excluding tert-OH is 1. The second kappa shape index (κ2) is 7.33. The Bertz CT molecular complexity index is 412. The van der Waals surface area contributed by atoms with Crippen LogP contribution in [0.15, 0.2) is 22.7 Å². The van der Waals surface area contributed by atoms with Gasteiger partial charge in [-0.3, -0.25) is 10.1 Å². The monoisotopic (exact) mass is 316 g/mol. The first-order chi connectivity index (χ1) is 8.60. The number of rotatable bonds is 7. The zero-order valence-electron chi connectivity index (χ0n) is 10.3. The number of benzene rings is 1. The molecule has 18 heavy (non-hydrogen) atoms. The number of nitro groups is 1. The third kappa shape index (κ3) is 3.96. The van der Waals surface area contributed by atoms with Gasteiger partial charge in [-0.1, -0.05) is 13.3 Å². The van der Waals surface area contributed by atoms with E-state index >= 15 is 0 Å². The molecule has 0 saturated carbocycles. The summed E-state index contributed by atoms with van der Waals surface area (Å²) >= 11 is 3.35. The number of nitro benzene ring substituents is 1. The zero-order chi connectivity index (χ0) is 13.5. The van der Waals surface area contributed by atoms with Gasteiger partial charge in [0.25, 0.3) is 5.69 Å². The van der Waals surface area contributed by atoms with Crippen LogP contribution in [0.2, 0.25) is 0 Å². The average molecular weight is 317 g/mol. The van der Waals surface area contributed by atoms with E-state index in [4.69, 9.17) is 5.11 Å². The van der Waals surface area contributed by atoms with Gasteiger partial charge in [0.2, 0.25) is 0 Å². The van der Waals surface area contributed by atoms with Gasteiger partial charge in [0.05, 0.1) is 17.2 Å². The number of unbranched alkanes of at least 4 members (excludes halogenated alkanes) is 1. The molecule has 0 aliphatic rings. The fourth-order valence-corrected chi connectivity index (χ4v) is 2.31. The Hall–Kier alpha value is -1.14. The minimum absolute atomic E-state index is 0.0602. The molecular formula is C12H17BrN2O3. The van der Waals surface area contributed by atoms with Gasteiger partial charge in [-0.15, -0.1) is 0 Å². The predicted molar refractivity (Wildman–Crippen MR) is 75.0 cm³/mol. The molecule has 0 amide bonds. The Morgan fingerprint density at radius 3 is 2.67 bits per heavy atom. The molecule has 100 valence electrons. The van der Waals surface area contributed by atoms with E-state index in [2.05, 4.69) is 22.9 Å². The summed E-state index contributed by atoms with van der Waals surface area (Å²) in [5.41, 5.74) is 0.938. The Morgan fingerprint density at radius 1 is 1.44 bits per heavy atom. The number of hydrogen-bond donors (Lipinski definition) is 1. The average Bonchev–Trinajstić information content (AvgIpc) is 2.34. The summed E-state index contributed by atoms with van der Waals surface area (Å²) in [6.07, 6.45) is 2.08. The molecule has 0 radical (unpaired) electrons. The van der Waals surface area contributed by atoms with E-state index in [1.165, 1.54) is 12.1 Å². The van der Waals surface area contributed by atoms with E-state index in [1.807, 2.05) is 4.90 Å². The van der Waals surface area contributed by atoms with Crippen molar-refractivity contribution in [1.82, 2.24) is 0 Å². The lowest BCUT2D eigenvalue weighted by Crippen LogP contribution is -2.28. The third-order valence-corrected chi connectivity index (χ3v) is 3.27. The van der Waals surface area contributed by atoms with Gasteiger partial charge in [0, 0.05) is 29.7 Å². The van der Waals surface area contributed by atoms with Gasteiger partial charge in [0.15, 0.2) is 0 Å². The van der Waals surface area contributed by atoms with Crippen molar-refractivity contribution in [2.75, 3.05) is 24.6 Å². The summed E-state index contributed by atoms with van der Waals surface area (Å²) in [7, 11) is 0. The summed E-state index contributed by atoms with van der Waals surface area (Å²) in [4.78, 5) is 12.3. The van der Waals surface area contributed by atoms with Crippen LogP contribution in [0.4, 0.5) is 11.4 Å². The van der Waals surface area contributed by atoms with E-state index < -0.39 is 4.92 Å². The molecule has 1 aromatic rings. The highest BCUT2D eigenvalue weighted by molar-refractivity contribution is 9.10. The SMILES string of the molecule is CCCCN(CCO)c1ccc([N+](=O)[O-])cc1Br. The van der Waals surface area contributed by atoms with E-state index in [-0.39, 0.29) is 12.3 Å². The minimum Gasteiger partial charge on any atom is -0.395 e. The van der Waals surface area contributed by atoms with Crippen molar-refractivity contribution in [3.05, 3.63) is 32.8 Å². The molecule has 0 aromatic heterocycles. The Labute approximate surface area is 115 Å². The van der Waals surface area contributed by atoms with Crippen molar-refractivity contribution in [3.8, 4) is 0 Å². The summed E-state index contributed by atoms with van der Waals surface area (Å²) in [6, 6.07) is 4.69. The Morgan fingerprint density at radius 2 is 2.17 bits per heavy atom. The molecular weight excluding hydrogens is 300 g/mol. The molecule has 1 rings (SSSR count). The van der Waals surface area contributed by atoms with Crippen LogP contribution < -0.4 is 4.90 Å². The summed E-state index contributed by atoms with van der Waals surface area (Å²) in [6.45, 7) is 3.51. The number of hydrogen-bond acceptors (Lipinski definition) is 4. The topological polar surface area (TPSA) is 66.6 Å². The van der Waals surface area contributed by atoms with E-state index in [0.717, 1.165) is 25.1 Å². The highest BCUT2D eigenvalue weighted by Crippen LogP contribution is 2.30. The van der Waals surface area contributed by atoms with E-state index in [9.17, 15) is 10.1 Å². The largest absolute Gasteiger partial charge is 0.395 e. The molecule has 5 nitrogen and oxygen atoms in total. The van der Waals surface area contributed by atoms with E-state index in [1.54, 1.807) is 6.07 Å². The number of aliphatic hydroxyl groups is 1. The second-order valence-electron chi connectivity index (χ2n) is 3.96. The van der Waals surface area contributed by atoms with E-state index in [0.29, 0.717) is 11.0 Å². The maximum atomic E-state index is 10.7. The first-order valence-electron chi connectivity index (χ1n) is 5.90. The number of non-ortho nitro benzene ring substituents is 1. The van der Waals surface area contributed by atoms with Crippen molar-refractivity contribution < 1.29 is 10.0 Å². The molecule has 0 bridgehead atoms. The molecule has 1 aromatic carbocycles. The van der Waals surface area contributed by atoms with Gasteiger partial charge < -0.3 is 10.0 Å². The van der Waals surface area contributed by atoms with Crippen LogP contribution in [0.1, 0.15) is 19.8 Å². The Kier molecular flexibility index (Phi) is 6.07. The normalized spacial score (nSPS) is 10.4. The zero-order valence-corrected chi connectivity index (χ0v) is 11.9. The summed E-state index contributed by atoms with van der Waals surface area (Å²) in [5.74, 6) is 0. The second-order valence-corrected chi connectivity index (χ2v) is 4.81. The predicted octanol–water partition coefficient (Wildman–Crippen LogP) is 2.96. The van der Waals surface area contributed by atoms with Crippen molar-refractivity contribution in [2.24, 2.45) is 0 Å². The number of halogens is 1. The fraction of sp³-hybridized carbons (Fsp3) is 0.500. The van der Waals surface area contributed by atoms with Crippen LogP contribution in [0.5, 0.6) is 0 Å². The lowest BCUT2D eigenvalue weighted by Gasteiger charge is -2.24. The van der Waals surface area contributed by atoms with Crippen molar-refractivity contribution in [2.45, 2.75) is 19.8 Å². The standard InChI is InChI=1S/C12H17BrN2O3/c1-2-3-6-14(7-8-16)12-5-4-10(15(17)18)9-11(12)13/h4-5,9,16H,2-3,6-8H2,1H3. The van der Waals surface area contributed by atoms with Crippen molar-refractivity contribution >= 4 is 27.3 Å². The van der Waals surface area contributed by atoms with Crippen LogP contribution in [0, 0.1) is 10.1 Å². The van der Waals surface area contributed by atoms with Crippen LogP contribution >= 0.6 is 15.9 Å². The van der Waals surface area contributed by atoms with Crippen LogP contribution in [-0.2, 0) is 0 Å². The summed E-state index contributed by atoms with van der Waals surface area (Å²) in [5, 5.41) is 19.7. The lowest BCUT2D eigenvalue weighted by molar-refractivity contribution is -0.384. The molecule has 0 aliphatic heterocycles. The third-order valence-electron chi connectivity index (χ3n) is 2.63. The molecule has 0 atom stereocenters. The molecule has 6 heteroatoms. The van der Waals surface area contributed by atoms with Crippen molar-refractivity contribution in [1.29, 1.82) is 0 Å². The van der Waals surface area contributed by atoms with Gasteiger partial charge in [-0.2, -0.15) is 0 Å².